The molecule has 0 saturated heterocycles. The molecule has 1 atom stereocenters. The van der Waals surface area contributed by atoms with Crippen LogP contribution < -0.4 is 9.62 Å². The molecule has 0 fully saturated rings. The number of hydrogen-bond donors (Lipinski definition) is 1. The fourth-order valence-corrected chi connectivity index (χ4v) is 6.92. The molecule has 1 unspecified atom stereocenters. The topological polar surface area (TPSA) is 86.8 Å². The lowest BCUT2D eigenvalue weighted by atomic mass is 10.0. The van der Waals surface area contributed by atoms with Gasteiger partial charge in [0.2, 0.25) is 11.8 Å². The summed E-state index contributed by atoms with van der Waals surface area (Å²) in [5.74, 6) is -1.03. The average molecular weight is 673 g/mol. The molecule has 0 aliphatic rings. The van der Waals surface area contributed by atoms with Gasteiger partial charge in [-0.3, -0.25) is 13.9 Å². The molecule has 11 heteroatoms. The first-order valence-corrected chi connectivity index (χ1v) is 16.6. The zero-order valence-corrected chi connectivity index (χ0v) is 27.1. The van der Waals surface area contributed by atoms with Gasteiger partial charge in [0.05, 0.1) is 15.6 Å². The van der Waals surface area contributed by atoms with Gasteiger partial charge in [-0.2, -0.15) is 0 Å². The number of halogens is 3. The normalized spacial score (nSPS) is 11.9. The molecular weight excluding hydrogens is 641 g/mol. The number of benzene rings is 4. The number of para-hydroxylation sites is 1. The van der Waals surface area contributed by atoms with E-state index in [4.69, 9.17) is 34.8 Å². The summed E-state index contributed by atoms with van der Waals surface area (Å²) in [5.41, 5.74) is 1.37. The van der Waals surface area contributed by atoms with Crippen molar-refractivity contribution in [1.82, 2.24) is 10.2 Å². The van der Waals surface area contributed by atoms with Crippen molar-refractivity contribution in [3.63, 3.8) is 0 Å². The summed E-state index contributed by atoms with van der Waals surface area (Å²) < 4.78 is 29.0. The lowest BCUT2D eigenvalue weighted by molar-refractivity contribution is -0.140. The minimum absolute atomic E-state index is 0.0186. The highest BCUT2D eigenvalue weighted by molar-refractivity contribution is 7.92. The molecular formula is C33H32Cl3N3O4S. The van der Waals surface area contributed by atoms with Crippen LogP contribution in [0.1, 0.15) is 24.5 Å². The predicted molar refractivity (Wildman–Crippen MR) is 177 cm³/mol. The van der Waals surface area contributed by atoms with Crippen molar-refractivity contribution >= 4 is 62.3 Å². The molecule has 4 aromatic rings. The van der Waals surface area contributed by atoms with E-state index >= 15 is 0 Å². The summed E-state index contributed by atoms with van der Waals surface area (Å²) in [6.07, 6.45) is 0.853. The molecule has 1 N–H and O–H groups in total. The van der Waals surface area contributed by atoms with Crippen LogP contribution in [0.3, 0.4) is 0 Å². The van der Waals surface area contributed by atoms with Crippen molar-refractivity contribution in [3.05, 3.63) is 129 Å². The van der Waals surface area contributed by atoms with Crippen LogP contribution in [0.25, 0.3) is 0 Å². The third-order valence-electron chi connectivity index (χ3n) is 6.94. The summed E-state index contributed by atoms with van der Waals surface area (Å²) in [6.45, 7) is 1.54. The Bertz CT molecular complexity index is 1670. The van der Waals surface area contributed by atoms with Gasteiger partial charge >= 0.3 is 0 Å². The van der Waals surface area contributed by atoms with Crippen molar-refractivity contribution in [3.8, 4) is 0 Å². The third kappa shape index (κ3) is 8.12. The Labute approximate surface area is 273 Å². The number of nitrogens with one attached hydrogen (secondary N) is 1. The van der Waals surface area contributed by atoms with Gasteiger partial charge in [0.25, 0.3) is 10.0 Å². The van der Waals surface area contributed by atoms with Gasteiger partial charge in [0, 0.05) is 35.1 Å². The van der Waals surface area contributed by atoms with E-state index in [0.717, 1.165) is 9.87 Å². The van der Waals surface area contributed by atoms with E-state index < -0.39 is 28.5 Å². The second kappa shape index (κ2) is 15.4. The molecule has 0 radical (unpaired) electrons. The average Bonchev–Trinajstić information content (AvgIpc) is 3.02. The highest BCUT2D eigenvalue weighted by Gasteiger charge is 2.35. The van der Waals surface area contributed by atoms with E-state index in [9.17, 15) is 18.0 Å². The Kier molecular flexibility index (Phi) is 11.7. The molecule has 4 rings (SSSR count). The largest absolute Gasteiger partial charge is 0.354 e. The molecule has 0 aliphatic heterocycles. The van der Waals surface area contributed by atoms with E-state index in [1.165, 1.54) is 23.1 Å². The minimum atomic E-state index is -4.26. The molecule has 230 valence electrons. The molecule has 2 amide bonds. The van der Waals surface area contributed by atoms with Gasteiger partial charge in [-0.1, -0.05) is 108 Å². The SMILES string of the molecule is CCCNC(=O)C(Cc1ccccc1)N(Cc1c(Cl)cccc1Cl)C(=O)CN(c1ccccc1Cl)S(=O)(=O)c1ccccc1. The standard InChI is InChI=1S/C33H32Cl3N3O4S/c1-2-20-37-33(41)31(21-24-12-5-3-6-13-24)38(22-26-27(34)17-11-18-28(26)35)32(40)23-39(30-19-10-9-16-29(30)36)44(42,43)25-14-7-4-8-15-25/h3-19,31H,2,20-23H2,1H3,(H,37,41). The summed E-state index contributed by atoms with van der Waals surface area (Å²) in [4.78, 5) is 29.5. The number of anilines is 1. The van der Waals surface area contributed by atoms with Crippen molar-refractivity contribution in [1.29, 1.82) is 0 Å². The van der Waals surface area contributed by atoms with Gasteiger partial charge < -0.3 is 10.2 Å². The first-order chi connectivity index (χ1) is 21.1. The van der Waals surface area contributed by atoms with Crippen LogP contribution in [0, 0.1) is 0 Å². The summed E-state index contributed by atoms with van der Waals surface area (Å²) in [5, 5.41) is 3.66. The van der Waals surface area contributed by atoms with Gasteiger partial charge in [-0.25, -0.2) is 8.42 Å². The van der Waals surface area contributed by atoms with Crippen LogP contribution in [0.15, 0.2) is 108 Å². The first-order valence-electron chi connectivity index (χ1n) is 14.0. The van der Waals surface area contributed by atoms with E-state index in [2.05, 4.69) is 5.32 Å². The molecule has 4 aromatic carbocycles. The van der Waals surface area contributed by atoms with Gasteiger partial charge in [0.1, 0.15) is 12.6 Å². The molecule has 0 spiro atoms. The number of sulfonamides is 1. The summed E-state index contributed by atoms with van der Waals surface area (Å²) in [6, 6.07) is 27.4. The molecule has 7 nitrogen and oxygen atoms in total. The lowest BCUT2D eigenvalue weighted by Gasteiger charge is -2.34. The molecule has 0 aromatic heterocycles. The highest BCUT2D eigenvalue weighted by atomic mass is 35.5. The van der Waals surface area contributed by atoms with Gasteiger partial charge in [-0.15, -0.1) is 0 Å². The van der Waals surface area contributed by atoms with Crippen LogP contribution >= 0.6 is 34.8 Å². The Balaban J connectivity index is 1.83. The number of carbonyl (C=O) groups is 2. The number of nitrogens with zero attached hydrogens (tertiary/aromatic N) is 2. The second-order valence-electron chi connectivity index (χ2n) is 9.99. The number of rotatable bonds is 13. The lowest BCUT2D eigenvalue weighted by Crippen LogP contribution is -2.53. The Morgan fingerprint density at radius 3 is 1.95 bits per heavy atom. The number of amides is 2. The van der Waals surface area contributed by atoms with Crippen molar-refractivity contribution in [2.24, 2.45) is 0 Å². The van der Waals surface area contributed by atoms with Gasteiger partial charge in [-0.05, 0) is 48.4 Å². The number of hydrogen-bond acceptors (Lipinski definition) is 4. The van der Waals surface area contributed by atoms with Crippen molar-refractivity contribution in [2.75, 3.05) is 17.4 Å². The Hall–Kier alpha value is -3.56. The first kappa shape index (κ1) is 33.3. The van der Waals surface area contributed by atoms with E-state index in [1.807, 2.05) is 37.3 Å². The Morgan fingerprint density at radius 1 is 0.773 bits per heavy atom. The van der Waals surface area contributed by atoms with Gasteiger partial charge in [0.15, 0.2) is 0 Å². The summed E-state index contributed by atoms with van der Waals surface area (Å²) in [7, 11) is -4.26. The number of carbonyl (C=O) groups excluding carboxylic acids is 2. The Morgan fingerprint density at radius 2 is 1.34 bits per heavy atom. The maximum Gasteiger partial charge on any atom is 0.264 e. The molecule has 44 heavy (non-hydrogen) atoms. The molecule has 0 aliphatic carbocycles. The van der Waals surface area contributed by atoms with Crippen molar-refractivity contribution in [2.45, 2.75) is 37.2 Å². The third-order valence-corrected chi connectivity index (χ3v) is 9.74. The highest BCUT2D eigenvalue weighted by Crippen LogP contribution is 2.32. The molecule has 0 saturated carbocycles. The quantitative estimate of drug-likeness (QED) is 0.166. The molecule has 0 bridgehead atoms. The monoisotopic (exact) mass is 671 g/mol. The van der Waals surface area contributed by atoms with E-state index in [1.54, 1.807) is 54.6 Å². The van der Waals surface area contributed by atoms with E-state index in [-0.39, 0.29) is 34.5 Å². The van der Waals surface area contributed by atoms with Crippen LogP contribution in [0.5, 0.6) is 0 Å². The zero-order chi connectivity index (χ0) is 31.7. The molecule has 0 heterocycles. The maximum atomic E-state index is 14.5. The van der Waals surface area contributed by atoms with Crippen LogP contribution in [0.4, 0.5) is 5.69 Å². The zero-order valence-electron chi connectivity index (χ0n) is 24.0. The summed E-state index contributed by atoms with van der Waals surface area (Å²) >= 11 is 19.6. The van der Waals surface area contributed by atoms with Crippen LogP contribution in [-0.2, 0) is 32.6 Å². The fraction of sp³-hybridized carbons (Fsp3) is 0.212. The second-order valence-corrected chi connectivity index (χ2v) is 13.1. The fourth-order valence-electron chi connectivity index (χ4n) is 4.66. The smallest absolute Gasteiger partial charge is 0.264 e. The maximum absolute atomic E-state index is 14.5. The predicted octanol–water partition coefficient (Wildman–Crippen LogP) is 7.01. The minimum Gasteiger partial charge on any atom is -0.354 e. The van der Waals surface area contributed by atoms with Crippen molar-refractivity contribution < 1.29 is 18.0 Å². The van der Waals surface area contributed by atoms with Crippen LogP contribution in [-0.4, -0.2) is 44.3 Å². The van der Waals surface area contributed by atoms with E-state index in [0.29, 0.717) is 28.6 Å². The van der Waals surface area contributed by atoms with Crippen LogP contribution in [0.2, 0.25) is 15.1 Å².